The maximum Gasteiger partial charge on any atom is 0.321 e. The third kappa shape index (κ3) is 4.55. The van der Waals surface area contributed by atoms with E-state index in [2.05, 4.69) is 10.6 Å². The van der Waals surface area contributed by atoms with Crippen LogP contribution in [-0.2, 0) is 28.9 Å². The number of aryl methyl sites for hydroxylation is 2. The Hall–Kier alpha value is -1.91. The molecule has 2 aromatic rings. The van der Waals surface area contributed by atoms with Crippen LogP contribution >= 0.6 is 23.1 Å². The minimum Gasteiger partial charge on any atom is -0.376 e. The molecular formula is C20H26N4O4S2. The molecular weight excluding hydrogens is 424 g/mol. The summed E-state index contributed by atoms with van der Waals surface area (Å²) in [7, 11) is 1.45. The second kappa shape index (κ2) is 9.49. The highest BCUT2D eigenvalue weighted by molar-refractivity contribution is 7.99. The number of carbonyl (C=O) groups excluding carboxylic acids is 2. The zero-order valence-electron chi connectivity index (χ0n) is 17.0. The van der Waals surface area contributed by atoms with E-state index in [1.54, 1.807) is 15.9 Å². The number of urea groups is 1. The standard InChI is InChI=1S/C20H26N4O4S2/c1-21-19(27)22-15(25)11-29-20-23-17-16(13-7-3-2-4-8-14(13)30-17)18(26)24(20)10-12-6-5-9-28-12/h12H,2-11H2,1H3,(H2,21,22,25,27)/t12-/m0/s1. The van der Waals surface area contributed by atoms with Gasteiger partial charge in [0.2, 0.25) is 5.91 Å². The van der Waals surface area contributed by atoms with Crippen molar-refractivity contribution < 1.29 is 14.3 Å². The van der Waals surface area contributed by atoms with Crippen molar-refractivity contribution in [3.63, 3.8) is 0 Å². The molecule has 10 heteroatoms. The van der Waals surface area contributed by atoms with Gasteiger partial charge < -0.3 is 10.1 Å². The van der Waals surface area contributed by atoms with Gasteiger partial charge in [-0.2, -0.15) is 0 Å². The number of ether oxygens (including phenoxy) is 1. The topological polar surface area (TPSA) is 102 Å². The van der Waals surface area contributed by atoms with Crippen LogP contribution in [0.3, 0.4) is 0 Å². The zero-order chi connectivity index (χ0) is 21.1. The Morgan fingerprint density at radius 3 is 2.87 bits per heavy atom. The van der Waals surface area contributed by atoms with Gasteiger partial charge in [-0.05, 0) is 44.1 Å². The van der Waals surface area contributed by atoms with Gasteiger partial charge in [-0.3, -0.25) is 19.5 Å². The molecule has 0 aromatic carbocycles. The minimum atomic E-state index is -0.553. The van der Waals surface area contributed by atoms with E-state index in [0.717, 1.165) is 48.7 Å². The van der Waals surface area contributed by atoms with Crippen molar-refractivity contribution in [2.24, 2.45) is 0 Å². The number of hydrogen-bond acceptors (Lipinski definition) is 7. The van der Waals surface area contributed by atoms with E-state index >= 15 is 0 Å². The summed E-state index contributed by atoms with van der Waals surface area (Å²) in [6, 6.07) is -0.553. The Morgan fingerprint density at radius 1 is 1.27 bits per heavy atom. The van der Waals surface area contributed by atoms with Crippen molar-refractivity contribution in [1.82, 2.24) is 20.2 Å². The van der Waals surface area contributed by atoms with E-state index < -0.39 is 11.9 Å². The largest absolute Gasteiger partial charge is 0.376 e. The van der Waals surface area contributed by atoms with Gasteiger partial charge in [0, 0.05) is 18.5 Å². The molecule has 1 atom stereocenters. The third-order valence-electron chi connectivity index (χ3n) is 5.51. The van der Waals surface area contributed by atoms with Crippen LogP contribution < -0.4 is 16.2 Å². The van der Waals surface area contributed by atoms with Crippen molar-refractivity contribution in [2.45, 2.75) is 62.8 Å². The molecule has 3 amide bonds. The maximum atomic E-state index is 13.5. The number of hydrogen-bond donors (Lipinski definition) is 2. The summed E-state index contributed by atoms with van der Waals surface area (Å²) in [5.74, 6) is -0.429. The van der Waals surface area contributed by atoms with Gasteiger partial charge in [0.15, 0.2) is 5.16 Å². The number of thioether (sulfide) groups is 1. The molecule has 1 aliphatic heterocycles. The van der Waals surface area contributed by atoms with Crippen LogP contribution in [0.4, 0.5) is 4.79 Å². The predicted octanol–water partition coefficient (Wildman–Crippen LogP) is 2.45. The number of fused-ring (bicyclic) bond motifs is 3. The molecule has 0 saturated carbocycles. The fourth-order valence-corrected chi connectivity index (χ4v) is 6.13. The van der Waals surface area contributed by atoms with Gasteiger partial charge in [-0.1, -0.05) is 18.2 Å². The van der Waals surface area contributed by atoms with Crippen molar-refractivity contribution in [3.05, 3.63) is 20.8 Å². The number of thiophene rings is 1. The molecule has 4 rings (SSSR count). The first-order valence-electron chi connectivity index (χ1n) is 10.4. The SMILES string of the molecule is CNC(=O)NC(=O)CSc1nc2sc3c(c2c(=O)n1C[C@@H]1CCCO1)CCCCC3. The van der Waals surface area contributed by atoms with Gasteiger partial charge >= 0.3 is 6.03 Å². The normalized spacial score (nSPS) is 18.8. The molecule has 8 nitrogen and oxygen atoms in total. The lowest BCUT2D eigenvalue weighted by Gasteiger charge is -2.16. The molecule has 0 unspecified atom stereocenters. The average molecular weight is 451 g/mol. The summed E-state index contributed by atoms with van der Waals surface area (Å²) >= 11 is 2.79. The first-order chi connectivity index (χ1) is 14.6. The lowest BCUT2D eigenvalue weighted by molar-refractivity contribution is -0.117. The van der Waals surface area contributed by atoms with Crippen LogP contribution in [0.2, 0.25) is 0 Å². The van der Waals surface area contributed by atoms with Crippen molar-refractivity contribution in [3.8, 4) is 0 Å². The molecule has 3 heterocycles. The van der Waals surface area contributed by atoms with Gasteiger partial charge in [-0.25, -0.2) is 9.78 Å². The van der Waals surface area contributed by atoms with Crippen molar-refractivity contribution in [2.75, 3.05) is 19.4 Å². The average Bonchev–Trinajstić information content (AvgIpc) is 3.30. The predicted molar refractivity (Wildman–Crippen MR) is 117 cm³/mol. The van der Waals surface area contributed by atoms with Crippen LogP contribution in [0.5, 0.6) is 0 Å². The molecule has 0 radical (unpaired) electrons. The molecule has 0 bridgehead atoms. The lowest BCUT2D eigenvalue weighted by atomic mass is 10.1. The fraction of sp³-hybridized carbons (Fsp3) is 0.600. The Bertz CT molecular complexity index is 1010. The molecule has 1 fully saturated rings. The van der Waals surface area contributed by atoms with Gasteiger partial charge in [-0.15, -0.1) is 11.3 Å². The molecule has 2 aliphatic rings. The smallest absolute Gasteiger partial charge is 0.321 e. The van der Waals surface area contributed by atoms with Crippen LogP contribution in [0, 0.1) is 0 Å². The Labute approximate surface area is 182 Å². The summed E-state index contributed by atoms with van der Waals surface area (Å²) in [5, 5.41) is 5.85. The Balaban J connectivity index is 1.68. The summed E-state index contributed by atoms with van der Waals surface area (Å²) in [5.41, 5.74) is 1.13. The fourth-order valence-electron chi connectivity index (χ4n) is 4.02. The number of imide groups is 1. The lowest BCUT2D eigenvalue weighted by Crippen LogP contribution is -2.38. The van der Waals surface area contributed by atoms with Gasteiger partial charge in [0.25, 0.3) is 5.56 Å². The van der Waals surface area contributed by atoms with Crippen molar-refractivity contribution >= 4 is 45.3 Å². The quantitative estimate of drug-likeness (QED) is 0.412. The van der Waals surface area contributed by atoms with Crippen LogP contribution in [-0.4, -0.2) is 47.0 Å². The monoisotopic (exact) mass is 450 g/mol. The second-order valence-corrected chi connectivity index (χ2v) is 9.63. The molecule has 1 aliphatic carbocycles. The van der Waals surface area contributed by atoms with E-state index in [1.165, 1.54) is 35.7 Å². The van der Waals surface area contributed by atoms with E-state index in [4.69, 9.17) is 9.72 Å². The number of carbonyl (C=O) groups is 2. The van der Waals surface area contributed by atoms with E-state index in [1.807, 2.05) is 0 Å². The summed E-state index contributed by atoms with van der Waals surface area (Å²) in [6.45, 7) is 1.14. The van der Waals surface area contributed by atoms with E-state index in [9.17, 15) is 14.4 Å². The van der Waals surface area contributed by atoms with Gasteiger partial charge in [0.1, 0.15) is 4.83 Å². The van der Waals surface area contributed by atoms with Crippen LogP contribution in [0.15, 0.2) is 9.95 Å². The number of aromatic nitrogens is 2. The van der Waals surface area contributed by atoms with Crippen molar-refractivity contribution in [1.29, 1.82) is 0 Å². The Morgan fingerprint density at radius 2 is 2.10 bits per heavy atom. The molecule has 30 heavy (non-hydrogen) atoms. The maximum absolute atomic E-state index is 13.5. The van der Waals surface area contributed by atoms with Crippen LogP contribution in [0.1, 0.15) is 42.5 Å². The Kier molecular flexibility index (Phi) is 6.74. The summed E-state index contributed by atoms with van der Waals surface area (Å²) in [6.07, 6.45) is 7.23. The van der Waals surface area contributed by atoms with Crippen LogP contribution in [0.25, 0.3) is 10.2 Å². The molecule has 0 spiro atoms. The minimum absolute atomic E-state index is 0.00196. The number of nitrogens with zero attached hydrogens (tertiary/aromatic N) is 2. The number of amides is 3. The first-order valence-corrected chi connectivity index (χ1v) is 12.2. The summed E-state index contributed by atoms with van der Waals surface area (Å²) in [4.78, 5) is 43.8. The highest BCUT2D eigenvalue weighted by Crippen LogP contribution is 2.34. The third-order valence-corrected chi connectivity index (χ3v) is 7.67. The molecule has 1 saturated heterocycles. The molecule has 2 N–H and O–H groups in total. The highest BCUT2D eigenvalue weighted by Gasteiger charge is 2.24. The molecule has 2 aromatic heterocycles. The van der Waals surface area contributed by atoms with E-state index in [0.29, 0.717) is 18.3 Å². The highest BCUT2D eigenvalue weighted by atomic mass is 32.2. The second-order valence-electron chi connectivity index (χ2n) is 7.61. The molecule has 162 valence electrons. The number of nitrogens with one attached hydrogen (secondary N) is 2. The van der Waals surface area contributed by atoms with Gasteiger partial charge in [0.05, 0.1) is 23.8 Å². The number of rotatable bonds is 5. The zero-order valence-corrected chi connectivity index (χ0v) is 18.6. The first kappa shape index (κ1) is 21.3. The van der Waals surface area contributed by atoms with E-state index in [-0.39, 0.29) is 17.4 Å². The summed E-state index contributed by atoms with van der Waals surface area (Å²) < 4.78 is 7.43.